The third-order valence-corrected chi connectivity index (χ3v) is 4.64. The van der Waals surface area contributed by atoms with Crippen molar-refractivity contribution in [2.75, 3.05) is 24.5 Å². The first kappa shape index (κ1) is 18.5. The van der Waals surface area contributed by atoms with Gasteiger partial charge in [0.1, 0.15) is 5.69 Å². The fraction of sp³-hybridized carbons (Fsp3) is 0.286. The number of benzene rings is 2. The van der Waals surface area contributed by atoms with E-state index >= 15 is 0 Å². The predicted octanol–water partition coefficient (Wildman–Crippen LogP) is 2.98. The molecule has 1 aliphatic heterocycles. The monoisotopic (exact) mass is 363 g/mol. The molecule has 1 heterocycles. The summed E-state index contributed by atoms with van der Waals surface area (Å²) in [6.45, 7) is 1.56. The molecule has 1 aliphatic rings. The largest absolute Gasteiger partial charge is 0.366 e. The maximum Gasteiger partial charge on any atom is 0.292 e. The van der Waals surface area contributed by atoms with Crippen LogP contribution in [0.4, 0.5) is 11.4 Å². The van der Waals surface area contributed by atoms with Crippen LogP contribution in [0.15, 0.2) is 54.6 Å². The Morgan fingerprint density at radius 1 is 1.11 bits per heavy atom. The van der Waals surface area contributed by atoms with E-state index < -0.39 is 0 Å². The van der Waals surface area contributed by atoms with E-state index in [1.54, 1.807) is 18.2 Å². The number of nitro groups is 1. The molecule has 2 aromatic carbocycles. The zero-order chi connectivity index (χ0) is 19.1. The molecule has 0 aromatic heterocycles. The molecule has 0 unspecified atom stereocenters. The van der Waals surface area contributed by atoms with Crippen LogP contribution in [0.5, 0.6) is 0 Å². The Morgan fingerprint density at radius 3 is 2.48 bits per heavy atom. The van der Waals surface area contributed by atoms with Crippen LogP contribution in [0, 0.1) is 27.9 Å². The van der Waals surface area contributed by atoms with Crippen LogP contribution in [0.3, 0.4) is 0 Å². The van der Waals surface area contributed by atoms with Gasteiger partial charge in [0.05, 0.1) is 11.5 Å². The quantitative estimate of drug-likeness (QED) is 0.515. The summed E-state index contributed by atoms with van der Waals surface area (Å²) in [5, 5.41) is 14.1. The van der Waals surface area contributed by atoms with Crippen molar-refractivity contribution in [3.05, 3.63) is 70.3 Å². The van der Waals surface area contributed by atoms with Gasteiger partial charge in [-0.15, -0.1) is 0 Å². The molecule has 0 radical (unpaired) electrons. The van der Waals surface area contributed by atoms with Gasteiger partial charge in [-0.25, -0.2) is 0 Å². The summed E-state index contributed by atoms with van der Waals surface area (Å²) in [5.41, 5.74) is 1.65. The number of rotatable bonds is 4. The van der Waals surface area contributed by atoms with Crippen molar-refractivity contribution in [3.63, 3.8) is 0 Å². The van der Waals surface area contributed by atoms with E-state index in [0.29, 0.717) is 38.2 Å². The van der Waals surface area contributed by atoms with Gasteiger partial charge in [-0.3, -0.25) is 14.9 Å². The highest BCUT2D eigenvalue weighted by molar-refractivity contribution is 5.79. The van der Waals surface area contributed by atoms with E-state index in [1.807, 2.05) is 35.2 Å². The predicted molar refractivity (Wildman–Crippen MR) is 104 cm³/mol. The zero-order valence-electron chi connectivity index (χ0n) is 14.9. The lowest BCUT2D eigenvalue weighted by atomic mass is 9.95. The maximum absolute atomic E-state index is 12.3. The van der Waals surface area contributed by atoms with Crippen LogP contribution in [-0.4, -0.2) is 30.5 Å². The van der Waals surface area contributed by atoms with Crippen molar-refractivity contribution < 1.29 is 9.72 Å². The van der Waals surface area contributed by atoms with Crippen molar-refractivity contribution in [3.8, 4) is 11.8 Å². The fourth-order valence-corrected chi connectivity index (χ4v) is 3.21. The Hall–Kier alpha value is -3.33. The lowest BCUT2D eigenvalue weighted by Crippen LogP contribution is -2.40. The van der Waals surface area contributed by atoms with Gasteiger partial charge < -0.3 is 10.2 Å². The fourth-order valence-electron chi connectivity index (χ4n) is 3.21. The summed E-state index contributed by atoms with van der Waals surface area (Å²) in [6, 6.07) is 16.4. The van der Waals surface area contributed by atoms with Gasteiger partial charge >= 0.3 is 0 Å². The van der Waals surface area contributed by atoms with E-state index in [0.717, 1.165) is 5.56 Å². The number of amides is 1. The average molecular weight is 363 g/mol. The van der Waals surface area contributed by atoms with Crippen LogP contribution >= 0.6 is 0 Å². The number of nitrogens with one attached hydrogen (secondary N) is 1. The highest BCUT2D eigenvalue weighted by atomic mass is 16.6. The van der Waals surface area contributed by atoms with E-state index in [4.69, 9.17) is 0 Å². The molecule has 1 saturated heterocycles. The van der Waals surface area contributed by atoms with E-state index in [-0.39, 0.29) is 22.4 Å². The van der Waals surface area contributed by atoms with Gasteiger partial charge in [0.15, 0.2) is 0 Å². The summed E-state index contributed by atoms with van der Waals surface area (Å²) in [5.74, 6) is 5.89. The molecule has 138 valence electrons. The number of carbonyl (C=O) groups is 1. The molecule has 0 bridgehead atoms. The zero-order valence-corrected chi connectivity index (χ0v) is 14.9. The first-order valence-corrected chi connectivity index (χ1v) is 8.95. The summed E-state index contributed by atoms with van der Waals surface area (Å²) >= 11 is 0. The second kappa shape index (κ2) is 8.86. The standard InChI is InChI=1S/C21H21N3O3/c25-21(22-14-6-9-17-7-2-1-3-8-17)18-12-15-23(16-13-18)19-10-4-5-11-20(19)24(26)27/h1-5,7-8,10-11,18H,12-16H2,(H,22,25). The van der Waals surface area contributed by atoms with Crippen molar-refractivity contribution in [2.24, 2.45) is 5.92 Å². The summed E-state index contributed by atoms with van der Waals surface area (Å²) in [6.07, 6.45) is 1.34. The summed E-state index contributed by atoms with van der Waals surface area (Å²) in [7, 11) is 0. The molecule has 0 saturated carbocycles. The highest BCUT2D eigenvalue weighted by Gasteiger charge is 2.27. The van der Waals surface area contributed by atoms with Gasteiger partial charge in [-0.2, -0.15) is 0 Å². The molecule has 1 N–H and O–H groups in total. The molecule has 0 aliphatic carbocycles. The van der Waals surface area contributed by atoms with Crippen molar-refractivity contribution >= 4 is 17.3 Å². The minimum absolute atomic E-state index is 0.000395. The second-order valence-electron chi connectivity index (χ2n) is 6.39. The Bertz CT molecular complexity index is 863. The minimum atomic E-state index is -0.362. The minimum Gasteiger partial charge on any atom is -0.366 e. The molecule has 1 fully saturated rings. The molecular formula is C21H21N3O3. The van der Waals surface area contributed by atoms with Gasteiger partial charge in [0, 0.05) is 30.6 Å². The van der Waals surface area contributed by atoms with E-state index in [1.165, 1.54) is 6.07 Å². The number of nitrogens with zero attached hydrogens (tertiary/aromatic N) is 2. The van der Waals surface area contributed by atoms with Crippen LogP contribution in [0.2, 0.25) is 0 Å². The Balaban J connectivity index is 1.50. The Morgan fingerprint density at radius 2 is 1.78 bits per heavy atom. The van der Waals surface area contributed by atoms with Crippen LogP contribution < -0.4 is 10.2 Å². The molecule has 6 heteroatoms. The molecule has 3 rings (SSSR count). The van der Waals surface area contributed by atoms with Crippen molar-refractivity contribution in [2.45, 2.75) is 12.8 Å². The lowest BCUT2D eigenvalue weighted by molar-refractivity contribution is -0.384. The lowest BCUT2D eigenvalue weighted by Gasteiger charge is -2.32. The third-order valence-electron chi connectivity index (χ3n) is 4.64. The SMILES string of the molecule is O=C(NCC#Cc1ccccc1)C1CCN(c2ccccc2[N+](=O)[O-])CC1. The molecule has 6 nitrogen and oxygen atoms in total. The molecule has 27 heavy (non-hydrogen) atoms. The number of nitro benzene ring substituents is 1. The number of hydrogen-bond donors (Lipinski definition) is 1. The van der Waals surface area contributed by atoms with E-state index in [9.17, 15) is 14.9 Å². The Labute approximate surface area is 158 Å². The average Bonchev–Trinajstić information content (AvgIpc) is 2.72. The first-order chi connectivity index (χ1) is 13.1. The summed E-state index contributed by atoms with van der Waals surface area (Å²) < 4.78 is 0. The molecule has 0 spiro atoms. The first-order valence-electron chi connectivity index (χ1n) is 8.95. The summed E-state index contributed by atoms with van der Waals surface area (Å²) in [4.78, 5) is 25.1. The molecule has 0 atom stereocenters. The van der Waals surface area contributed by atoms with Gasteiger partial charge in [-0.05, 0) is 31.0 Å². The number of anilines is 1. The third kappa shape index (κ3) is 4.85. The second-order valence-corrected chi connectivity index (χ2v) is 6.39. The molecular weight excluding hydrogens is 342 g/mol. The smallest absolute Gasteiger partial charge is 0.292 e. The van der Waals surface area contributed by atoms with Gasteiger partial charge in [0.2, 0.25) is 5.91 Å². The van der Waals surface area contributed by atoms with Gasteiger partial charge in [-0.1, -0.05) is 42.2 Å². The number of para-hydroxylation sites is 2. The van der Waals surface area contributed by atoms with Gasteiger partial charge in [0.25, 0.3) is 5.69 Å². The molecule has 2 aromatic rings. The number of hydrogen-bond acceptors (Lipinski definition) is 4. The van der Waals surface area contributed by atoms with Crippen molar-refractivity contribution in [1.29, 1.82) is 0 Å². The van der Waals surface area contributed by atoms with Crippen molar-refractivity contribution in [1.82, 2.24) is 5.32 Å². The normalized spacial score (nSPS) is 14.1. The molecule has 1 amide bonds. The van der Waals surface area contributed by atoms with Crippen LogP contribution in [0.25, 0.3) is 0 Å². The topological polar surface area (TPSA) is 75.5 Å². The number of carbonyl (C=O) groups excluding carboxylic acids is 1. The highest BCUT2D eigenvalue weighted by Crippen LogP contribution is 2.31. The van der Waals surface area contributed by atoms with Crippen LogP contribution in [0.1, 0.15) is 18.4 Å². The maximum atomic E-state index is 12.3. The number of piperidine rings is 1. The van der Waals surface area contributed by atoms with E-state index in [2.05, 4.69) is 17.2 Å². The Kier molecular flexibility index (Phi) is 6.06. The van der Waals surface area contributed by atoms with Crippen LogP contribution in [-0.2, 0) is 4.79 Å².